The molecule has 2 rings (SSSR count). The van der Waals surface area contributed by atoms with Crippen molar-refractivity contribution >= 4 is 11.6 Å². The third-order valence-electron chi connectivity index (χ3n) is 2.74. The molecule has 0 unspecified atom stereocenters. The third-order valence-corrected chi connectivity index (χ3v) is 3.05. The first-order valence-corrected chi connectivity index (χ1v) is 4.74. The van der Waals surface area contributed by atoms with Crippen LogP contribution < -0.4 is 5.73 Å². The average Bonchev–Trinajstić information content (AvgIpc) is 2.06. The zero-order valence-electron chi connectivity index (χ0n) is 7.19. The molecule has 0 radical (unpaired) electrons. The maximum Gasteiger partial charge on any atom is 0.142 e. The van der Waals surface area contributed by atoms with Crippen LogP contribution in [-0.4, -0.2) is 0 Å². The minimum atomic E-state index is -0.379. The maximum atomic E-state index is 13.1. The molecule has 1 aromatic carbocycles. The summed E-state index contributed by atoms with van der Waals surface area (Å²) < 4.78 is 13.1. The highest BCUT2D eigenvalue weighted by molar-refractivity contribution is 6.30. The zero-order chi connectivity index (χ0) is 9.47. The minimum absolute atomic E-state index is 0.159. The van der Waals surface area contributed by atoms with Crippen molar-refractivity contribution < 1.29 is 4.39 Å². The minimum Gasteiger partial charge on any atom is -0.321 e. The number of nitrogens with two attached hydrogens (primary N) is 1. The fourth-order valence-electron chi connectivity index (χ4n) is 1.65. The third kappa shape index (κ3) is 1.45. The lowest BCUT2D eigenvalue weighted by atomic mass is 9.73. The average molecular weight is 200 g/mol. The summed E-state index contributed by atoms with van der Waals surface area (Å²) in [5.74, 6) is -0.379. The Morgan fingerprint density at radius 3 is 2.54 bits per heavy atom. The highest BCUT2D eigenvalue weighted by atomic mass is 35.5. The molecule has 0 spiro atoms. The van der Waals surface area contributed by atoms with Crippen LogP contribution in [0.3, 0.4) is 0 Å². The largest absolute Gasteiger partial charge is 0.321 e. The molecule has 1 saturated carbocycles. The Bertz CT molecular complexity index is 334. The van der Waals surface area contributed by atoms with E-state index in [0.717, 1.165) is 24.8 Å². The Hall–Kier alpha value is -0.600. The fraction of sp³-hybridized carbons (Fsp3) is 0.400. The predicted octanol–water partition coefficient (Wildman–Crippen LogP) is 2.82. The fourth-order valence-corrected chi connectivity index (χ4v) is 1.77. The molecule has 2 N–H and O–H groups in total. The molecule has 0 saturated heterocycles. The summed E-state index contributed by atoms with van der Waals surface area (Å²) >= 11 is 5.58. The lowest BCUT2D eigenvalue weighted by Crippen LogP contribution is -2.43. The van der Waals surface area contributed by atoms with E-state index in [1.54, 1.807) is 6.07 Å². The van der Waals surface area contributed by atoms with Gasteiger partial charge in [0.2, 0.25) is 0 Å². The molecule has 0 aromatic heterocycles. The summed E-state index contributed by atoms with van der Waals surface area (Å²) in [6.45, 7) is 0. The Labute approximate surface area is 81.7 Å². The Morgan fingerprint density at radius 1 is 1.38 bits per heavy atom. The maximum absolute atomic E-state index is 13.1. The van der Waals surface area contributed by atoms with Crippen molar-refractivity contribution in [2.24, 2.45) is 5.73 Å². The first kappa shape index (κ1) is 8.97. The first-order chi connectivity index (χ1) is 6.12. The molecule has 13 heavy (non-hydrogen) atoms. The molecular formula is C10H11ClFN. The molecule has 0 aliphatic heterocycles. The summed E-state index contributed by atoms with van der Waals surface area (Å²) in [4.78, 5) is 0. The van der Waals surface area contributed by atoms with Crippen LogP contribution in [-0.2, 0) is 5.54 Å². The Kier molecular flexibility index (Phi) is 2.05. The summed E-state index contributed by atoms with van der Waals surface area (Å²) in [6.07, 6.45) is 3.00. The van der Waals surface area contributed by atoms with Crippen molar-refractivity contribution in [3.8, 4) is 0 Å². The van der Waals surface area contributed by atoms with Crippen molar-refractivity contribution in [2.45, 2.75) is 24.8 Å². The highest BCUT2D eigenvalue weighted by Gasteiger charge is 2.34. The molecule has 1 nitrogen and oxygen atoms in total. The van der Waals surface area contributed by atoms with Gasteiger partial charge in [-0.15, -0.1) is 0 Å². The normalized spacial score (nSPS) is 19.6. The molecule has 1 aliphatic carbocycles. The van der Waals surface area contributed by atoms with Crippen LogP contribution in [0.4, 0.5) is 4.39 Å². The van der Waals surface area contributed by atoms with Gasteiger partial charge >= 0.3 is 0 Å². The summed E-state index contributed by atoms with van der Waals surface area (Å²) in [6, 6.07) is 4.82. The molecule has 0 heterocycles. The van der Waals surface area contributed by atoms with Crippen LogP contribution in [0.25, 0.3) is 0 Å². The molecule has 1 aromatic rings. The van der Waals surface area contributed by atoms with Crippen LogP contribution in [0.2, 0.25) is 5.02 Å². The molecule has 70 valence electrons. The van der Waals surface area contributed by atoms with Gasteiger partial charge in [-0.25, -0.2) is 4.39 Å². The lowest BCUT2D eigenvalue weighted by molar-refractivity contribution is 0.253. The van der Waals surface area contributed by atoms with E-state index >= 15 is 0 Å². The monoisotopic (exact) mass is 199 g/mol. The second kappa shape index (κ2) is 2.96. The van der Waals surface area contributed by atoms with Gasteiger partial charge < -0.3 is 5.73 Å². The molecular weight excluding hydrogens is 189 g/mol. The van der Waals surface area contributed by atoms with Gasteiger partial charge in [0.25, 0.3) is 0 Å². The zero-order valence-corrected chi connectivity index (χ0v) is 7.94. The topological polar surface area (TPSA) is 26.0 Å². The lowest BCUT2D eigenvalue weighted by Gasteiger charge is -2.38. The summed E-state index contributed by atoms with van der Waals surface area (Å²) in [5.41, 5.74) is 6.59. The smallest absolute Gasteiger partial charge is 0.142 e. The van der Waals surface area contributed by atoms with Crippen molar-refractivity contribution in [3.63, 3.8) is 0 Å². The molecule has 0 bridgehead atoms. The van der Waals surface area contributed by atoms with Crippen molar-refractivity contribution in [3.05, 3.63) is 34.6 Å². The van der Waals surface area contributed by atoms with E-state index in [1.165, 1.54) is 6.07 Å². The molecule has 1 aliphatic rings. The van der Waals surface area contributed by atoms with Crippen LogP contribution >= 0.6 is 11.6 Å². The van der Waals surface area contributed by atoms with E-state index in [-0.39, 0.29) is 16.4 Å². The van der Waals surface area contributed by atoms with Gasteiger partial charge in [-0.1, -0.05) is 17.7 Å². The van der Waals surface area contributed by atoms with Gasteiger partial charge in [-0.2, -0.15) is 0 Å². The standard InChI is InChI=1S/C10H11ClFN/c11-8-3-2-7(6-9(8)12)10(13)4-1-5-10/h2-3,6H,1,4-5,13H2. The van der Waals surface area contributed by atoms with Crippen molar-refractivity contribution in [1.29, 1.82) is 0 Å². The van der Waals surface area contributed by atoms with Crippen molar-refractivity contribution in [1.82, 2.24) is 0 Å². The second-order valence-electron chi connectivity index (χ2n) is 3.64. The molecule has 3 heteroatoms. The van der Waals surface area contributed by atoms with Crippen molar-refractivity contribution in [2.75, 3.05) is 0 Å². The van der Waals surface area contributed by atoms with E-state index < -0.39 is 0 Å². The second-order valence-corrected chi connectivity index (χ2v) is 4.05. The molecule has 1 fully saturated rings. The van der Waals surface area contributed by atoms with Crippen LogP contribution in [0.1, 0.15) is 24.8 Å². The Balaban J connectivity index is 2.36. The van der Waals surface area contributed by atoms with E-state index in [9.17, 15) is 4.39 Å². The highest BCUT2D eigenvalue weighted by Crippen LogP contribution is 2.39. The number of hydrogen-bond donors (Lipinski definition) is 1. The summed E-state index contributed by atoms with van der Waals surface area (Å²) in [7, 11) is 0. The predicted molar refractivity (Wildman–Crippen MR) is 51.1 cm³/mol. The molecule has 0 atom stereocenters. The van der Waals surface area contributed by atoms with Crippen LogP contribution in [0.15, 0.2) is 18.2 Å². The van der Waals surface area contributed by atoms with Gasteiger partial charge in [0.1, 0.15) is 5.82 Å². The first-order valence-electron chi connectivity index (χ1n) is 4.36. The SMILES string of the molecule is NC1(c2ccc(Cl)c(F)c2)CCC1. The van der Waals surface area contributed by atoms with Gasteiger partial charge in [0.15, 0.2) is 0 Å². The van der Waals surface area contributed by atoms with Gasteiger partial charge in [0, 0.05) is 5.54 Å². The quantitative estimate of drug-likeness (QED) is 0.740. The molecule has 0 amide bonds. The van der Waals surface area contributed by atoms with Crippen LogP contribution in [0.5, 0.6) is 0 Å². The van der Waals surface area contributed by atoms with E-state index in [2.05, 4.69) is 0 Å². The Morgan fingerprint density at radius 2 is 2.08 bits per heavy atom. The van der Waals surface area contributed by atoms with Gasteiger partial charge in [0.05, 0.1) is 5.02 Å². The van der Waals surface area contributed by atoms with Gasteiger partial charge in [-0.05, 0) is 37.0 Å². The van der Waals surface area contributed by atoms with E-state index in [1.807, 2.05) is 6.07 Å². The number of rotatable bonds is 1. The van der Waals surface area contributed by atoms with E-state index in [0.29, 0.717) is 0 Å². The van der Waals surface area contributed by atoms with Crippen LogP contribution in [0, 0.1) is 5.82 Å². The van der Waals surface area contributed by atoms with E-state index in [4.69, 9.17) is 17.3 Å². The summed E-state index contributed by atoms with van der Waals surface area (Å²) in [5, 5.41) is 0.159. The number of benzene rings is 1. The number of halogens is 2. The van der Waals surface area contributed by atoms with Gasteiger partial charge in [-0.3, -0.25) is 0 Å². The number of hydrogen-bond acceptors (Lipinski definition) is 1.